The fourth-order valence-corrected chi connectivity index (χ4v) is 3.89. The number of rotatable bonds is 9. The zero-order chi connectivity index (χ0) is 24.6. The van der Waals surface area contributed by atoms with Crippen LogP contribution in [0.1, 0.15) is 33.6 Å². The fourth-order valence-electron chi connectivity index (χ4n) is 3.89. The lowest BCUT2D eigenvalue weighted by molar-refractivity contribution is -0.129. The second-order valence-corrected chi connectivity index (χ2v) is 8.22. The molecule has 2 amide bonds. The van der Waals surface area contributed by atoms with Gasteiger partial charge in [0.1, 0.15) is 12.4 Å². The van der Waals surface area contributed by atoms with Crippen LogP contribution < -0.4 is 15.5 Å². The minimum atomic E-state index is -0.577. The van der Waals surface area contributed by atoms with Crippen LogP contribution in [0.25, 0.3) is 10.9 Å². The Morgan fingerprint density at radius 3 is 2.51 bits per heavy atom. The van der Waals surface area contributed by atoms with E-state index in [1.807, 2.05) is 49.4 Å². The highest BCUT2D eigenvalue weighted by Gasteiger charge is 2.18. The Morgan fingerprint density at radius 1 is 1.03 bits per heavy atom. The van der Waals surface area contributed by atoms with Gasteiger partial charge < -0.3 is 10.1 Å². The molecule has 0 aliphatic carbocycles. The van der Waals surface area contributed by atoms with Crippen molar-refractivity contribution < 1.29 is 19.5 Å². The number of para-hydroxylation sites is 1. The van der Waals surface area contributed by atoms with Gasteiger partial charge in [0.25, 0.3) is 5.91 Å². The molecule has 35 heavy (non-hydrogen) atoms. The first-order valence-electron chi connectivity index (χ1n) is 11.2. The molecule has 3 N–H and O–H groups in total. The van der Waals surface area contributed by atoms with Gasteiger partial charge in [-0.25, -0.2) is 5.48 Å². The first kappa shape index (κ1) is 23.8. The van der Waals surface area contributed by atoms with E-state index in [4.69, 9.17) is 9.94 Å². The standard InChI is InChI=1S/C27H26N4O4/c1-18-14-21(24-4-2-3-5-25(24)29-18)17-35-23-8-6-20(7-9-23)27(33)30-22(16-26(32)31-34)15-19-10-12-28-13-11-19/h2-14,22,34H,15-17H2,1H3,(H,30,33)(H,31,32)/t22-/m1/s1. The molecular weight excluding hydrogens is 444 g/mol. The molecule has 0 aliphatic rings. The molecule has 2 heterocycles. The van der Waals surface area contributed by atoms with Crippen molar-refractivity contribution in [3.63, 3.8) is 0 Å². The lowest BCUT2D eigenvalue weighted by Gasteiger charge is -2.18. The molecule has 178 valence electrons. The van der Waals surface area contributed by atoms with Gasteiger partial charge in [-0.15, -0.1) is 0 Å². The van der Waals surface area contributed by atoms with Gasteiger partial charge in [-0.1, -0.05) is 18.2 Å². The van der Waals surface area contributed by atoms with Crippen LogP contribution in [0.2, 0.25) is 0 Å². The number of hydrogen-bond donors (Lipinski definition) is 3. The monoisotopic (exact) mass is 470 g/mol. The third-order valence-electron chi connectivity index (χ3n) is 5.56. The molecular formula is C27H26N4O4. The summed E-state index contributed by atoms with van der Waals surface area (Å²) >= 11 is 0. The number of carbonyl (C=O) groups excluding carboxylic acids is 2. The van der Waals surface area contributed by atoms with Crippen molar-refractivity contribution in [2.75, 3.05) is 0 Å². The van der Waals surface area contributed by atoms with Crippen LogP contribution in [-0.2, 0) is 17.8 Å². The van der Waals surface area contributed by atoms with E-state index in [0.29, 0.717) is 24.3 Å². The molecule has 0 bridgehead atoms. The Labute approximate surface area is 203 Å². The Kier molecular flexibility index (Phi) is 7.64. The second-order valence-electron chi connectivity index (χ2n) is 8.22. The smallest absolute Gasteiger partial charge is 0.251 e. The van der Waals surface area contributed by atoms with Gasteiger partial charge in [-0.05, 0) is 67.4 Å². The normalized spacial score (nSPS) is 11.6. The number of hydroxylamine groups is 1. The van der Waals surface area contributed by atoms with E-state index < -0.39 is 11.9 Å². The summed E-state index contributed by atoms with van der Waals surface area (Å²) in [6.45, 7) is 2.33. The summed E-state index contributed by atoms with van der Waals surface area (Å²) in [5.41, 5.74) is 5.86. The van der Waals surface area contributed by atoms with Gasteiger partial charge in [0.15, 0.2) is 0 Å². The highest BCUT2D eigenvalue weighted by atomic mass is 16.5. The highest BCUT2D eigenvalue weighted by Crippen LogP contribution is 2.21. The number of aromatic nitrogens is 2. The number of benzene rings is 2. The molecule has 0 saturated heterocycles. The van der Waals surface area contributed by atoms with Crippen LogP contribution in [0, 0.1) is 6.92 Å². The molecule has 0 unspecified atom stereocenters. The number of ether oxygens (including phenoxy) is 1. The fraction of sp³-hybridized carbons (Fsp3) is 0.185. The summed E-state index contributed by atoms with van der Waals surface area (Å²) in [4.78, 5) is 33.1. The molecule has 8 heteroatoms. The number of carbonyl (C=O) groups is 2. The largest absolute Gasteiger partial charge is 0.489 e. The Hall–Kier alpha value is -4.30. The van der Waals surface area contributed by atoms with E-state index >= 15 is 0 Å². The van der Waals surface area contributed by atoms with Crippen LogP contribution in [0.5, 0.6) is 5.75 Å². The van der Waals surface area contributed by atoms with Crippen molar-refractivity contribution >= 4 is 22.7 Å². The van der Waals surface area contributed by atoms with Crippen molar-refractivity contribution in [1.29, 1.82) is 0 Å². The zero-order valence-electron chi connectivity index (χ0n) is 19.3. The molecule has 0 fully saturated rings. The maximum absolute atomic E-state index is 12.8. The summed E-state index contributed by atoms with van der Waals surface area (Å²) in [7, 11) is 0. The average molecular weight is 471 g/mol. The third kappa shape index (κ3) is 6.39. The molecule has 0 aliphatic heterocycles. The molecule has 2 aromatic heterocycles. The van der Waals surface area contributed by atoms with Gasteiger partial charge in [0.05, 0.1) is 5.52 Å². The van der Waals surface area contributed by atoms with Crippen molar-refractivity contribution in [2.45, 2.75) is 32.4 Å². The molecule has 1 atom stereocenters. The summed E-state index contributed by atoms with van der Waals surface area (Å²) in [6, 6.07) is 19.9. The number of nitrogens with one attached hydrogen (secondary N) is 2. The highest BCUT2D eigenvalue weighted by molar-refractivity contribution is 5.94. The Balaban J connectivity index is 1.41. The van der Waals surface area contributed by atoms with Crippen molar-refractivity contribution in [1.82, 2.24) is 20.8 Å². The lowest BCUT2D eigenvalue weighted by Crippen LogP contribution is -2.40. The maximum Gasteiger partial charge on any atom is 0.251 e. The quantitative estimate of drug-likeness (QED) is 0.254. The number of amides is 2. The van der Waals surface area contributed by atoms with Crippen LogP contribution >= 0.6 is 0 Å². The van der Waals surface area contributed by atoms with Gasteiger partial charge in [0, 0.05) is 47.1 Å². The first-order chi connectivity index (χ1) is 17.0. The third-order valence-corrected chi connectivity index (χ3v) is 5.56. The number of pyridine rings is 2. The predicted octanol–water partition coefficient (Wildman–Crippen LogP) is 3.75. The average Bonchev–Trinajstić information content (AvgIpc) is 2.88. The van der Waals surface area contributed by atoms with Crippen molar-refractivity contribution in [3.8, 4) is 5.75 Å². The summed E-state index contributed by atoms with van der Waals surface area (Å²) in [5, 5.41) is 12.8. The molecule has 8 nitrogen and oxygen atoms in total. The molecule has 4 aromatic rings. The first-order valence-corrected chi connectivity index (χ1v) is 11.2. The van der Waals surface area contributed by atoms with Gasteiger partial charge in [0.2, 0.25) is 5.91 Å². The number of fused-ring (bicyclic) bond motifs is 1. The minimum Gasteiger partial charge on any atom is -0.489 e. The number of hydrogen-bond acceptors (Lipinski definition) is 6. The van der Waals surface area contributed by atoms with Crippen LogP contribution in [0.15, 0.2) is 79.1 Å². The Morgan fingerprint density at radius 2 is 1.77 bits per heavy atom. The second kappa shape index (κ2) is 11.2. The van der Waals surface area contributed by atoms with E-state index in [-0.39, 0.29) is 12.3 Å². The zero-order valence-corrected chi connectivity index (χ0v) is 19.3. The minimum absolute atomic E-state index is 0.0644. The van der Waals surface area contributed by atoms with E-state index in [9.17, 15) is 9.59 Å². The van der Waals surface area contributed by atoms with Gasteiger partial charge >= 0.3 is 0 Å². The van der Waals surface area contributed by atoms with Crippen LogP contribution in [0.4, 0.5) is 0 Å². The van der Waals surface area contributed by atoms with Crippen molar-refractivity contribution in [2.24, 2.45) is 0 Å². The molecule has 2 aromatic carbocycles. The molecule has 0 spiro atoms. The predicted molar refractivity (Wildman–Crippen MR) is 131 cm³/mol. The number of aryl methyl sites for hydroxylation is 1. The molecule has 4 rings (SSSR count). The van der Waals surface area contributed by atoms with E-state index in [2.05, 4.69) is 15.3 Å². The lowest BCUT2D eigenvalue weighted by atomic mass is 10.0. The SMILES string of the molecule is Cc1cc(COc2ccc(C(=O)N[C@@H](CC(=O)NO)Cc3ccncc3)cc2)c2ccccc2n1. The number of nitrogens with zero attached hydrogens (tertiary/aromatic N) is 2. The van der Waals surface area contributed by atoms with Gasteiger partial charge in [-0.3, -0.25) is 24.8 Å². The van der Waals surface area contributed by atoms with E-state index in [0.717, 1.165) is 27.7 Å². The molecule has 0 radical (unpaired) electrons. The summed E-state index contributed by atoms with van der Waals surface area (Å²) < 4.78 is 5.97. The van der Waals surface area contributed by atoms with Gasteiger partial charge in [-0.2, -0.15) is 0 Å². The molecule has 0 saturated carbocycles. The topological polar surface area (TPSA) is 113 Å². The Bertz CT molecular complexity index is 1310. The van der Waals surface area contributed by atoms with Crippen LogP contribution in [-0.4, -0.2) is 33.0 Å². The van der Waals surface area contributed by atoms with Crippen molar-refractivity contribution in [3.05, 3.63) is 102 Å². The van der Waals surface area contributed by atoms with E-state index in [1.165, 1.54) is 0 Å². The van der Waals surface area contributed by atoms with E-state index in [1.54, 1.807) is 42.1 Å². The van der Waals surface area contributed by atoms with Crippen LogP contribution in [0.3, 0.4) is 0 Å². The summed E-state index contributed by atoms with van der Waals surface area (Å²) in [6.07, 6.45) is 3.65. The summed E-state index contributed by atoms with van der Waals surface area (Å²) in [5.74, 6) is -0.267. The maximum atomic E-state index is 12.8.